The second-order valence-electron chi connectivity index (χ2n) is 5.27. The van der Waals surface area contributed by atoms with Crippen molar-refractivity contribution >= 4 is 22.9 Å². The van der Waals surface area contributed by atoms with E-state index in [0.29, 0.717) is 22.1 Å². The Balaban J connectivity index is 1.78. The van der Waals surface area contributed by atoms with E-state index in [0.717, 1.165) is 0 Å². The zero-order valence-electron chi connectivity index (χ0n) is 13.1. The fourth-order valence-electron chi connectivity index (χ4n) is 2.44. The van der Waals surface area contributed by atoms with Crippen molar-refractivity contribution in [1.82, 2.24) is 19.8 Å². The first-order valence-electron chi connectivity index (χ1n) is 7.52. The molecule has 26 heavy (non-hydrogen) atoms. The molecule has 2 heterocycles. The summed E-state index contributed by atoms with van der Waals surface area (Å²) in [5, 5.41) is 24.2. The summed E-state index contributed by atoms with van der Waals surface area (Å²) in [5.41, 5.74) is 1.01. The van der Waals surface area contributed by atoms with Gasteiger partial charge in [-0.1, -0.05) is 35.9 Å². The number of nitro benzene ring substituents is 1. The highest BCUT2D eigenvalue weighted by molar-refractivity contribution is 6.33. The van der Waals surface area contributed by atoms with E-state index < -0.39 is 4.92 Å². The molecule has 0 fully saturated rings. The van der Waals surface area contributed by atoms with E-state index in [1.165, 1.54) is 16.6 Å². The van der Waals surface area contributed by atoms with E-state index >= 15 is 0 Å². The molecular formula is C17H10ClN5O3. The van der Waals surface area contributed by atoms with Crippen molar-refractivity contribution in [2.24, 2.45) is 0 Å². The summed E-state index contributed by atoms with van der Waals surface area (Å²) < 4.78 is 7.08. The highest BCUT2D eigenvalue weighted by atomic mass is 35.5. The van der Waals surface area contributed by atoms with Crippen LogP contribution in [-0.4, -0.2) is 24.7 Å². The molecule has 0 saturated carbocycles. The molecule has 0 radical (unpaired) electrons. The van der Waals surface area contributed by atoms with Gasteiger partial charge in [-0.25, -0.2) is 0 Å². The number of aromatic nitrogens is 4. The van der Waals surface area contributed by atoms with Crippen LogP contribution >= 0.6 is 11.6 Å². The highest BCUT2D eigenvalue weighted by Gasteiger charge is 2.17. The van der Waals surface area contributed by atoms with Gasteiger partial charge in [-0.05, 0) is 24.3 Å². The molecule has 2 aromatic heterocycles. The van der Waals surface area contributed by atoms with Gasteiger partial charge in [-0.3, -0.25) is 10.1 Å². The second-order valence-corrected chi connectivity index (χ2v) is 5.68. The molecule has 0 unspecified atom stereocenters. The minimum Gasteiger partial charge on any atom is -0.430 e. The van der Waals surface area contributed by atoms with Crippen LogP contribution in [0.15, 0.2) is 60.7 Å². The monoisotopic (exact) mass is 367 g/mol. The lowest BCUT2D eigenvalue weighted by Crippen LogP contribution is -1.99. The van der Waals surface area contributed by atoms with Crippen molar-refractivity contribution in [2.45, 2.75) is 0 Å². The van der Waals surface area contributed by atoms with Gasteiger partial charge in [-0.15, -0.1) is 15.3 Å². The van der Waals surface area contributed by atoms with Crippen LogP contribution in [0.3, 0.4) is 0 Å². The first kappa shape index (κ1) is 16.0. The summed E-state index contributed by atoms with van der Waals surface area (Å²) in [6.07, 6.45) is 0. The first-order chi connectivity index (χ1) is 12.6. The molecule has 0 aliphatic rings. The molecule has 0 amide bonds. The average molecular weight is 368 g/mol. The summed E-state index contributed by atoms with van der Waals surface area (Å²) >= 11 is 6.23. The first-order valence-corrected chi connectivity index (χ1v) is 7.90. The quantitative estimate of drug-likeness (QED) is 0.397. The predicted molar refractivity (Wildman–Crippen MR) is 94.4 cm³/mol. The Hall–Kier alpha value is -3.52. The molecule has 4 rings (SSSR count). The lowest BCUT2D eigenvalue weighted by molar-refractivity contribution is -0.385. The van der Waals surface area contributed by atoms with Crippen LogP contribution in [0.4, 0.5) is 5.69 Å². The number of nitro groups is 1. The topological polar surface area (TPSA) is 95.5 Å². The van der Waals surface area contributed by atoms with Crippen LogP contribution in [0, 0.1) is 10.1 Å². The second kappa shape index (κ2) is 6.41. The summed E-state index contributed by atoms with van der Waals surface area (Å²) in [4.78, 5) is 10.6. The van der Waals surface area contributed by atoms with E-state index in [1.54, 1.807) is 36.4 Å². The Kier molecular flexibility index (Phi) is 3.94. The summed E-state index contributed by atoms with van der Waals surface area (Å²) in [7, 11) is 0. The minimum absolute atomic E-state index is 0.0942. The largest absolute Gasteiger partial charge is 0.430 e. The molecule has 0 aliphatic carbocycles. The number of nitrogens with zero attached hydrogens (tertiary/aromatic N) is 5. The fourth-order valence-corrected chi connectivity index (χ4v) is 2.66. The third-order valence-electron chi connectivity index (χ3n) is 3.63. The summed E-state index contributed by atoms with van der Waals surface area (Å²) in [5.74, 6) is 0.704. The number of halogens is 1. The van der Waals surface area contributed by atoms with Crippen molar-refractivity contribution in [3.63, 3.8) is 0 Å². The number of hydrogen-bond donors (Lipinski definition) is 0. The van der Waals surface area contributed by atoms with Crippen molar-refractivity contribution in [1.29, 1.82) is 0 Å². The SMILES string of the molecule is O=[N+]([O-])c1ccccc1Oc1ccc2nnc(-c3ccccc3Cl)n2n1. The maximum absolute atomic E-state index is 11.1. The van der Waals surface area contributed by atoms with Gasteiger partial charge in [0, 0.05) is 17.7 Å². The number of para-hydroxylation sites is 2. The van der Waals surface area contributed by atoms with E-state index in [-0.39, 0.29) is 17.3 Å². The van der Waals surface area contributed by atoms with Crippen LogP contribution in [-0.2, 0) is 0 Å². The Bertz CT molecular complexity index is 1130. The molecule has 0 aliphatic heterocycles. The third-order valence-corrected chi connectivity index (χ3v) is 3.96. The zero-order chi connectivity index (χ0) is 18.1. The van der Waals surface area contributed by atoms with Gasteiger partial charge in [0.15, 0.2) is 11.5 Å². The molecule has 0 N–H and O–H groups in total. The molecular weight excluding hydrogens is 358 g/mol. The van der Waals surface area contributed by atoms with Crippen LogP contribution in [0.5, 0.6) is 11.6 Å². The van der Waals surface area contributed by atoms with Gasteiger partial charge < -0.3 is 4.74 Å². The van der Waals surface area contributed by atoms with E-state index in [1.807, 2.05) is 12.1 Å². The summed E-state index contributed by atoms with van der Waals surface area (Å²) in [6, 6.07) is 16.5. The van der Waals surface area contributed by atoms with Gasteiger partial charge in [0.2, 0.25) is 11.6 Å². The van der Waals surface area contributed by atoms with Gasteiger partial charge in [0.05, 0.1) is 9.95 Å². The van der Waals surface area contributed by atoms with Gasteiger partial charge in [0.25, 0.3) is 0 Å². The third kappa shape index (κ3) is 2.82. The van der Waals surface area contributed by atoms with Crippen molar-refractivity contribution < 1.29 is 9.66 Å². The smallest absolute Gasteiger partial charge is 0.311 e. The molecule has 0 atom stereocenters. The van der Waals surface area contributed by atoms with Gasteiger partial charge in [0.1, 0.15) is 0 Å². The molecule has 0 saturated heterocycles. The molecule has 0 bridgehead atoms. The maximum Gasteiger partial charge on any atom is 0.311 e. The Labute approximate surface area is 151 Å². The number of benzene rings is 2. The number of fused-ring (bicyclic) bond motifs is 1. The lowest BCUT2D eigenvalue weighted by Gasteiger charge is -2.06. The van der Waals surface area contributed by atoms with Gasteiger partial charge >= 0.3 is 5.69 Å². The molecule has 128 valence electrons. The fraction of sp³-hybridized carbons (Fsp3) is 0. The van der Waals surface area contributed by atoms with Crippen LogP contribution in [0.1, 0.15) is 0 Å². The Morgan fingerprint density at radius 2 is 1.77 bits per heavy atom. The van der Waals surface area contributed by atoms with E-state index in [2.05, 4.69) is 15.3 Å². The maximum atomic E-state index is 11.1. The van der Waals surface area contributed by atoms with Crippen LogP contribution < -0.4 is 4.74 Å². The van der Waals surface area contributed by atoms with Gasteiger partial charge in [-0.2, -0.15) is 4.52 Å². The normalized spacial score (nSPS) is 10.8. The number of hydrogen-bond acceptors (Lipinski definition) is 6. The predicted octanol–water partition coefficient (Wildman–Crippen LogP) is 4.15. The standard InChI is InChI=1S/C17H10ClN5O3/c18-12-6-2-1-5-11(12)17-20-19-15-9-10-16(21-22(15)17)26-14-8-4-3-7-13(14)23(24)25/h1-10H. The van der Waals surface area contributed by atoms with E-state index in [4.69, 9.17) is 16.3 Å². The highest BCUT2D eigenvalue weighted by Crippen LogP contribution is 2.31. The van der Waals surface area contributed by atoms with Crippen molar-refractivity contribution in [2.75, 3.05) is 0 Å². The molecule has 2 aromatic carbocycles. The Morgan fingerprint density at radius 3 is 2.58 bits per heavy atom. The zero-order valence-corrected chi connectivity index (χ0v) is 13.9. The molecule has 8 nitrogen and oxygen atoms in total. The van der Waals surface area contributed by atoms with Crippen molar-refractivity contribution in [3.8, 4) is 23.0 Å². The van der Waals surface area contributed by atoms with Crippen molar-refractivity contribution in [3.05, 3.63) is 75.8 Å². The average Bonchev–Trinajstić information content (AvgIpc) is 3.05. The number of ether oxygens (including phenoxy) is 1. The minimum atomic E-state index is -0.512. The van der Waals surface area contributed by atoms with Crippen LogP contribution in [0.2, 0.25) is 5.02 Å². The molecule has 0 spiro atoms. The number of rotatable bonds is 4. The Morgan fingerprint density at radius 1 is 1.00 bits per heavy atom. The molecule has 4 aromatic rings. The lowest BCUT2D eigenvalue weighted by atomic mass is 10.2. The summed E-state index contributed by atoms with van der Waals surface area (Å²) in [6.45, 7) is 0. The van der Waals surface area contributed by atoms with E-state index in [9.17, 15) is 10.1 Å². The molecule has 9 heteroatoms. The van der Waals surface area contributed by atoms with Crippen LogP contribution in [0.25, 0.3) is 17.0 Å².